The van der Waals surface area contributed by atoms with E-state index in [1.54, 1.807) is 0 Å². The molecular formula is C20H22N2O3. The number of benzene rings is 2. The molecule has 3 aromatic rings. The molecule has 5 nitrogen and oxygen atoms in total. The molecule has 1 amide bonds. The monoisotopic (exact) mass is 338 g/mol. The Balaban J connectivity index is 1.42. The summed E-state index contributed by atoms with van der Waals surface area (Å²) in [6.07, 6.45) is 2.24. The molecule has 130 valence electrons. The van der Waals surface area contributed by atoms with Crippen molar-refractivity contribution >= 4 is 16.8 Å². The number of rotatable bonds is 8. The number of nitrogens with one attached hydrogen (secondary N) is 2. The zero-order valence-corrected chi connectivity index (χ0v) is 14.2. The average Bonchev–Trinajstić information content (AvgIpc) is 3.03. The Kier molecular flexibility index (Phi) is 5.57. The summed E-state index contributed by atoms with van der Waals surface area (Å²) in [7, 11) is 0. The molecule has 0 saturated carbocycles. The van der Waals surface area contributed by atoms with E-state index >= 15 is 0 Å². The van der Waals surface area contributed by atoms with E-state index in [0.717, 1.165) is 28.0 Å². The van der Waals surface area contributed by atoms with Crippen molar-refractivity contribution in [2.75, 3.05) is 19.8 Å². The number of carbonyl (C=O) groups is 1. The van der Waals surface area contributed by atoms with Crippen molar-refractivity contribution in [2.24, 2.45) is 0 Å². The lowest BCUT2D eigenvalue weighted by Crippen LogP contribution is -2.29. The second kappa shape index (κ2) is 8.24. The molecule has 25 heavy (non-hydrogen) atoms. The molecule has 5 heteroatoms. The molecule has 0 bridgehead atoms. The fourth-order valence-corrected chi connectivity index (χ4v) is 2.67. The minimum Gasteiger partial charge on any atom is -0.494 e. The first-order valence-corrected chi connectivity index (χ1v) is 8.43. The molecule has 0 aliphatic carbocycles. The second-order valence-corrected chi connectivity index (χ2v) is 5.64. The number of hydrogen-bond acceptors (Lipinski definition) is 3. The fourth-order valence-electron chi connectivity index (χ4n) is 2.67. The molecule has 0 aliphatic rings. The number of ether oxygens (including phenoxy) is 2. The molecule has 1 heterocycles. The SMILES string of the molecule is CCOc1ccc(OCCNC(=O)Cc2c[nH]c3ccccc23)cc1. The molecule has 0 fully saturated rings. The highest BCUT2D eigenvalue weighted by Gasteiger charge is 2.08. The van der Waals surface area contributed by atoms with Crippen molar-refractivity contribution in [2.45, 2.75) is 13.3 Å². The number of aromatic nitrogens is 1. The quantitative estimate of drug-likeness (QED) is 0.620. The Morgan fingerprint density at radius 2 is 1.76 bits per heavy atom. The Labute approximate surface area is 147 Å². The third-order valence-corrected chi connectivity index (χ3v) is 3.85. The first-order chi connectivity index (χ1) is 12.3. The molecular weight excluding hydrogens is 316 g/mol. The molecule has 2 aromatic carbocycles. The van der Waals surface area contributed by atoms with Crippen LogP contribution in [0.15, 0.2) is 54.7 Å². The van der Waals surface area contributed by atoms with Gasteiger partial charge in [-0.3, -0.25) is 4.79 Å². The molecule has 0 unspecified atom stereocenters. The predicted octanol–water partition coefficient (Wildman–Crippen LogP) is 3.30. The first-order valence-electron chi connectivity index (χ1n) is 8.43. The number of aromatic amines is 1. The number of amides is 1. The van der Waals surface area contributed by atoms with Crippen LogP contribution < -0.4 is 14.8 Å². The van der Waals surface area contributed by atoms with Gasteiger partial charge in [-0.15, -0.1) is 0 Å². The van der Waals surface area contributed by atoms with Crippen molar-refractivity contribution in [3.63, 3.8) is 0 Å². The molecule has 0 spiro atoms. The predicted molar refractivity (Wildman–Crippen MR) is 98.1 cm³/mol. The highest BCUT2D eigenvalue weighted by atomic mass is 16.5. The van der Waals surface area contributed by atoms with Gasteiger partial charge in [-0.25, -0.2) is 0 Å². The lowest BCUT2D eigenvalue weighted by molar-refractivity contribution is -0.120. The lowest BCUT2D eigenvalue weighted by Gasteiger charge is -2.09. The summed E-state index contributed by atoms with van der Waals surface area (Å²) in [6.45, 7) is 3.48. The zero-order chi connectivity index (χ0) is 17.5. The largest absolute Gasteiger partial charge is 0.494 e. The summed E-state index contributed by atoms with van der Waals surface area (Å²) in [4.78, 5) is 15.3. The third-order valence-electron chi connectivity index (χ3n) is 3.85. The number of fused-ring (bicyclic) bond motifs is 1. The summed E-state index contributed by atoms with van der Waals surface area (Å²) in [6, 6.07) is 15.4. The van der Waals surface area contributed by atoms with Crippen LogP contribution in [0.2, 0.25) is 0 Å². The van der Waals surface area contributed by atoms with Crippen LogP contribution in [0.3, 0.4) is 0 Å². The minimum absolute atomic E-state index is 0.0138. The smallest absolute Gasteiger partial charge is 0.224 e. The topological polar surface area (TPSA) is 63.4 Å². The van der Waals surface area contributed by atoms with Crippen LogP contribution in [0.4, 0.5) is 0 Å². The van der Waals surface area contributed by atoms with Gasteiger partial charge in [0.25, 0.3) is 0 Å². The first kappa shape index (κ1) is 16.9. The third kappa shape index (κ3) is 4.53. The normalized spacial score (nSPS) is 10.6. The molecule has 3 rings (SSSR count). The van der Waals surface area contributed by atoms with Gasteiger partial charge in [0.2, 0.25) is 5.91 Å². The maximum Gasteiger partial charge on any atom is 0.224 e. The van der Waals surface area contributed by atoms with Crippen LogP contribution in [0.1, 0.15) is 12.5 Å². The number of para-hydroxylation sites is 1. The van der Waals surface area contributed by atoms with Crippen molar-refractivity contribution in [3.05, 3.63) is 60.3 Å². The highest BCUT2D eigenvalue weighted by Crippen LogP contribution is 2.18. The summed E-state index contributed by atoms with van der Waals surface area (Å²) in [5.74, 6) is 1.57. The maximum absolute atomic E-state index is 12.1. The summed E-state index contributed by atoms with van der Waals surface area (Å²) >= 11 is 0. The standard InChI is InChI=1S/C20H22N2O3/c1-2-24-16-7-9-17(10-8-16)25-12-11-21-20(23)13-15-14-22-19-6-4-3-5-18(15)19/h3-10,14,22H,2,11-13H2,1H3,(H,21,23). The van der Waals surface area contributed by atoms with E-state index in [4.69, 9.17) is 9.47 Å². The molecule has 0 saturated heterocycles. The van der Waals surface area contributed by atoms with Crippen LogP contribution in [0.5, 0.6) is 11.5 Å². The van der Waals surface area contributed by atoms with Crippen LogP contribution in [0.25, 0.3) is 10.9 Å². The molecule has 1 aromatic heterocycles. The zero-order valence-electron chi connectivity index (χ0n) is 14.2. The summed E-state index contributed by atoms with van der Waals surface area (Å²) < 4.78 is 11.0. The van der Waals surface area contributed by atoms with Gasteiger partial charge in [0, 0.05) is 17.1 Å². The average molecular weight is 338 g/mol. The van der Waals surface area contributed by atoms with E-state index in [-0.39, 0.29) is 5.91 Å². The van der Waals surface area contributed by atoms with E-state index in [0.29, 0.717) is 26.2 Å². The highest BCUT2D eigenvalue weighted by molar-refractivity contribution is 5.88. The Hall–Kier alpha value is -2.95. The van der Waals surface area contributed by atoms with E-state index in [2.05, 4.69) is 10.3 Å². The van der Waals surface area contributed by atoms with Gasteiger partial charge in [-0.2, -0.15) is 0 Å². The van der Waals surface area contributed by atoms with Crippen molar-refractivity contribution in [3.8, 4) is 11.5 Å². The van der Waals surface area contributed by atoms with Gasteiger partial charge in [0.05, 0.1) is 19.6 Å². The lowest BCUT2D eigenvalue weighted by atomic mass is 10.1. The van der Waals surface area contributed by atoms with Crippen LogP contribution >= 0.6 is 0 Å². The van der Waals surface area contributed by atoms with Crippen molar-refractivity contribution in [1.82, 2.24) is 10.3 Å². The molecule has 0 radical (unpaired) electrons. The van der Waals surface area contributed by atoms with Gasteiger partial charge in [0.1, 0.15) is 18.1 Å². The van der Waals surface area contributed by atoms with Gasteiger partial charge in [-0.1, -0.05) is 18.2 Å². The van der Waals surface area contributed by atoms with Crippen LogP contribution in [0, 0.1) is 0 Å². The van der Waals surface area contributed by atoms with E-state index < -0.39 is 0 Å². The second-order valence-electron chi connectivity index (χ2n) is 5.64. The Bertz CT molecular complexity index is 824. The van der Waals surface area contributed by atoms with Crippen molar-refractivity contribution in [1.29, 1.82) is 0 Å². The minimum atomic E-state index is -0.0138. The van der Waals surface area contributed by atoms with E-state index in [1.807, 2.05) is 61.7 Å². The number of hydrogen-bond donors (Lipinski definition) is 2. The molecule has 0 aliphatic heterocycles. The van der Waals surface area contributed by atoms with E-state index in [9.17, 15) is 4.79 Å². The summed E-state index contributed by atoms with van der Waals surface area (Å²) in [5.41, 5.74) is 2.05. The number of H-pyrrole nitrogens is 1. The number of carbonyl (C=O) groups excluding carboxylic acids is 1. The molecule has 0 atom stereocenters. The van der Waals surface area contributed by atoms with Crippen LogP contribution in [-0.2, 0) is 11.2 Å². The van der Waals surface area contributed by atoms with Gasteiger partial charge >= 0.3 is 0 Å². The Morgan fingerprint density at radius 1 is 1.04 bits per heavy atom. The van der Waals surface area contributed by atoms with Gasteiger partial charge in [0.15, 0.2) is 0 Å². The van der Waals surface area contributed by atoms with Crippen LogP contribution in [-0.4, -0.2) is 30.6 Å². The Morgan fingerprint density at radius 3 is 2.52 bits per heavy atom. The van der Waals surface area contributed by atoms with Crippen molar-refractivity contribution < 1.29 is 14.3 Å². The summed E-state index contributed by atoms with van der Waals surface area (Å²) in [5, 5.41) is 3.97. The fraction of sp³-hybridized carbons (Fsp3) is 0.250. The maximum atomic E-state index is 12.1. The van der Waals surface area contributed by atoms with E-state index in [1.165, 1.54) is 0 Å². The van der Waals surface area contributed by atoms with Gasteiger partial charge in [-0.05, 0) is 42.8 Å². The molecule has 2 N–H and O–H groups in total. The van der Waals surface area contributed by atoms with Gasteiger partial charge < -0.3 is 19.8 Å².